The van der Waals surface area contributed by atoms with E-state index in [0.29, 0.717) is 0 Å². The second-order valence-electron chi connectivity index (χ2n) is 4.60. The van der Waals surface area contributed by atoms with Crippen LogP contribution in [0.4, 0.5) is 5.00 Å². The van der Waals surface area contributed by atoms with Crippen LogP contribution in [0.25, 0.3) is 10.9 Å². The molecule has 1 aliphatic heterocycles. The molecule has 0 unspecified atom stereocenters. The summed E-state index contributed by atoms with van der Waals surface area (Å²) < 4.78 is 4.45. The van der Waals surface area contributed by atoms with Crippen LogP contribution in [-0.2, 0) is 0 Å². The molecular weight excluding hydrogens is 230 g/mol. The van der Waals surface area contributed by atoms with Gasteiger partial charge in [-0.25, -0.2) is 0 Å². The third kappa shape index (κ3) is 2.42. The number of benzene rings is 1. The summed E-state index contributed by atoms with van der Waals surface area (Å²) in [4.78, 5) is 0. The van der Waals surface area contributed by atoms with Crippen LogP contribution in [0, 0.1) is 5.92 Å². The molecule has 0 aliphatic carbocycles. The van der Waals surface area contributed by atoms with E-state index in [1.165, 1.54) is 23.2 Å². The Kier molecular flexibility index (Phi) is 3.25. The summed E-state index contributed by atoms with van der Waals surface area (Å²) in [5.74, 6) is 0.803. The number of piperidine rings is 1. The minimum Gasteiger partial charge on any atom is -0.375 e. The molecule has 0 amide bonds. The Morgan fingerprint density at radius 1 is 1.29 bits per heavy atom. The van der Waals surface area contributed by atoms with Crippen LogP contribution in [0.3, 0.4) is 0 Å². The van der Waals surface area contributed by atoms with Gasteiger partial charge >= 0.3 is 0 Å². The third-order valence-corrected chi connectivity index (χ3v) is 4.23. The molecule has 4 heteroatoms. The van der Waals surface area contributed by atoms with Gasteiger partial charge in [0.15, 0.2) is 0 Å². The molecule has 1 aromatic heterocycles. The summed E-state index contributed by atoms with van der Waals surface area (Å²) in [6.07, 6.45) is 2.56. The lowest BCUT2D eigenvalue weighted by Gasteiger charge is -2.22. The predicted molar refractivity (Wildman–Crippen MR) is 73.7 cm³/mol. The molecule has 1 saturated heterocycles. The monoisotopic (exact) mass is 247 g/mol. The zero-order chi connectivity index (χ0) is 11.5. The van der Waals surface area contributed by atoms with Crippen molar-refractivity contribution in [1.82, 2.24) is 9.69 Å². The summed E-state index contributed by atoms with van der Waals surface area (Å²) in [6.45, 7) is 3.40. The number of hydrogen-bond donors (Lipinski definition) is 2. The molecule has 3 nitrogen and oxygen atoms in total. The first-order valence-corrected chi connectivity index (χ1v) is 7.00. The minimum absolute atomic E-state index is 0.803. The fourth-order valence-corrected chi connectivity index (χ4v) is 3.11. The van der Waals surface area contributed by atoms with Gasteiger partial charge in [-0.1, -0.05) is 12.1 Å². The molecular formula is C13H17N3S. The highest BCUT2D eigenvalue weighted by Crippen LogP contribution is 2.27. The van der Waals surface area contributed by atoms with Gasteiger partial charge < -0.3 is 10.6 Å². The molecule has 1 fully saturated rings. The molecule has 17 heavy (non-hydrogen) atoms. The number of nitrogens with one attached hydrogen (secondary N) is 2. The molecule has 2 N–H and O–H groups in total. The van der Waals surface area contributed by atoms with Gasteiger partial charge in [0.25, 0.3) is 0 Å². The van der Waals surface area contributed by atoms with Crippen molar-refractivity contribution in [3.05, 3.63) is 24.3 Å². The van der Waals surface area contributed by atoms with E-state index in [0.717, 1.165) is 31.1 Å². The van der Waals surface area contributed by atoms with E-state index in [2.05, 4.69) is 33.2 Å². The fourth-order valence-electron chi connectivity index (χ4n) is 2.34. The lowest BCUT2D eigenvalue weighted by Crippen LogP contribution is -2.31. The number of anilines is 1. The highest BCUT2D eigenvalue weighted by atomic mass is 32.1. The number of hydrogen-bond acceptors (Lipinski definition) is 4. The van der Waals surface area contributed by atoms with Crippen LogP contribution >= 0.6 is 11.5 Å². The Balaban J connectivity index is 1.68. The van der Waals surface area contributed by atoms with Crippen LogP contribution in [0.1, 0.15) is 12.8 Å². The molecule has 2 aromatic rings. The van der Waals surface area contributed by atoms with Gasteiger partial charge in [-0.2, -0.15) is 4.37 Å². The van der Waals surface area contributed by atoms with Crippen molar-refractivity contribution in [2.75, 3.05) is 25.0 Å². The van der Waals surface area contributed by atoms with E-state index < -0.39 is 0 Å². The smallest absolute Gasteiger partial charge is 0.117 e. The van der Waals surface area contributed by atoms with E-state index >= 15 is 0 Å². The van der Waals surface area contributed by atoms with Gasteiger partial charge in [-0.15, -0.1) is 0 Å². The van der Waals surface area contributed by atoms with Gasteiger partial charge in [0, 0.05) is 11.9 Å². The molecule has 0 atom stereocenters. The van der Waals surface area contributed by atoms with Crippen molar-refractivity contribution in [2.24, 2.45) is 5.92 Å². The second-order valence-corrected chi connectivity index (χ2v) is 5.38. The SMILES string of the molecule is c1ccc2c(NCC3CCNCC3)snc2c1. The molecule has 1 aromatic carbocycles. The van der Waals surface area contributed by atoms with Crippen LogP contribution in [-0.4, -0.2) is 24.0 Å². The molecule has 0 bridgehead atoms. The van der Waals surface area contributed by atoms with Gasteiger partial charge in [-0.3, -0.25) is 0 Å². The van der Waals surface area contributed by atoms with Crippen molar-refractivity contribution in [2.45, 2.75) is 12.8 Å². The van der Waals surface area contributed by atoms with E-state index in [9.17, 15) is 0 Å². The Morgan fingerprint density at radius 2 is 2.12 bits per heavy atom. The molecule has 0 saturated carbocycles. The van der Waals surface area contributed by atoms with E-state index in [-0.39, 0.29) is 0 Å². The van der Waals surface area contributed by atoms with Gasteiger partial charge in [0.2, 0.25) is 0 Å². The van der Waals surface area contributed by atoms with Crippen LogP contribution in [0.5, 0.6) is 0 Å². The van der Waals surface area contributed by atoms with Crippen LogP contribution < -0.4 is 10.6 Å². The zero-order valence-corrected chi connectivity index (χ0v) is 10.6. The Hall–Kier alpha value is -1.13. The van der Waals surface area contributed by atoms with Crippen LogP contribution in [0.15, 0.2) is 24.3 Å². The highest BCUT2D eigenvalue weighted by molar-refractivity contribution is 7.11. The summed E-state index contributed by atoms with van der Waals surface area (Å²) in [5, 5.41) is 9.44. The highest BCUT2D eigenvalue weighted by Gasteiger charge is 2.13. The lowest BCUT2D eigenvalue weighted by molar-refractivity contribution is 0.390. The molecule has 90 valence electrons. The van der Waals surface area contributed by atoms with E-state index in [1.807, 2.05) is 6.07 Å². The third-order valence-electron chi connectivity index (χ3n) is 3.39. The van der Waals surface area contributed by atoms with Crippen molar-refractivity contribution in [1.29, 1.82) is 0 Å². The van der Waals surface area contributed by atoms with Crippen molar-refractivity contribution in [3.63, 3.8) is 0 Å². The van der Waals surface area contributed by atoms with Crippen molar-refractivity contribution >= 4 is 27.4 Å². The second kappa shape index (κ2) is 5.02. The average molecular weight is 247 g/mol. The first kappa shape index (κ1) is 11.0. The first-order valence-electron chi connectivity index (χ1n) is 6.22. The summed E-state index contributed by atoms with van der Waals surface area (Å²) in [7, 11) is 0. The largest absolute Gasteiger partial charge is 0.375 e. The quantitative estimate of drug-likeness (QED) is 0.875. The maximum absolute atomic E-state index is 4.45. The summed E-state index contributed by atoms with van der Waals surface area (Å²) in [6, 6.07) is 8.33. The maximum Gasteiger partial charge on any atom is 0.117 e. The summed E-state index contributed by atoms with van der Waals surface area (Å²) >= 11 is 1.57. The summed E-state index contributed by atoms with van der Waals surface area (Å²) in [5.41, 5.74) is 1.10. The lowest BCUT2D eigenvalue weighted by atomic mass is 9.98. The standard InChI is InChI=1S/C13H17N3S/c1-2-4-12-11(3-1)13(17-16-12)15-9-10-5-7-14-8-6-10/h1-4,10,14-15H,5-9H2. The number of aromatic nitrogens is 1. The van der Waals surface area contributed by atoms with Crippen molar-refractivity contribution < 1.29 is 0 Å². The Morgan fingerprint density at radius 3 is 3.00 bits per heavy atom. The Labute approximate surface area is 105 Å². The first-order chi connectivity index (χ1) is 8.43. The molecule has 0 spiro atoms. The van der Waals surface area contributed by atoms with E-state index in [1.54, 1.807) is 11.5 Å². The molecule has 1 aliphatic rings. The van der Waals surface area contributed by atoms with E-state index in [4.69, 9.17) is 0 Å². The van der Waals surface area contributed by atoms with Gasteiger partial charge in [0.1, 0.15) is 5.00 Å². The van der Waals surface area contributed by atoms with Gasteiger partial charge in [0.05, 0.1) is 5.52 Å². The van der Waals surface area contributed by atoms with Crippen LogP contribution in [0.2, 0.25) is 0 Å². The normalized spacial score (nSPS) is 17.4. The zero-order valence-electron chi connectivity index (χ0n) is 9.78. The number of nitrogens with zero attached hydrogens (tertiary/aromatic N) is 1. The topological polar surface area (TPSA) is 37.0 Å². The number of rotatable bonds is 3. The molecule has 2 heterocycles. The fraction of sp³-hybridized carbons (Fsp3) is 0.462. The number of fused-ring (bicyclic) bond motifs is 1. The Bertz CT molecular complexity index is 488. The predicted octanol–water partition coefficient (Wildman–Crippen LogP) is 2.71. The van der Waals surface area contributed by atoms with Crippen molar-refractivity contribution in [3.8, 4) is 0 Å². The molecule has 0 radical (unpaired) electrons. The minimum atomic E-state index is 0.803. The van der Waals surface area contributed by atoms with Gasteiger partial charge in [-0.05, 0) is 55.5 Å². The maximum atomic E-state index is 4.45. The average Bonchev–Trinajstić information content (AvgIpc) is 2.81. The molecule has 3 rings (SSSR count).